The van der Waals surface area contributed by atoms with Crippen molar-refractivity contribution in [3.8, 4) is 0 Å². The van der Waals surface area contributed by atoms with Crippen molar-refractivity contribution < 1.29 is 0 Å². The summed E-state index contributed by atoms with van der Waals surface area (Å²) in [7, 11) is 0. The Kier molecular flexibility index (Phi) is 3.42. The van der Waals surface area contributed by atoms with Gasteiger partial charge in [-0.1, -0.05) is 17.7 Å². The van der Waals surface area contributed by atoms with Crippen LogP contribution in [0.25, 0.3) is 10.9 Å². The first kappa shape index (κ1) is 12.1. The lowest BCUT2D eigenvalue weighted by atomic mass is 10.1. The summed E-state index contributed by atoms with van der Waals surface area (Å²) >= 11 is 6.00. The van der Waals surface area contributed by atoms with E-state index in [0.29, 0.717) is 5.82 Å². The molecule has 0 aliphatic rings. The molecule has 2 N–H and O–H groups in total. The van der Waals surface area contributed by atoms with Crippen molar-refractivity contribution in [1.82, 2.24) is 4.98 Å². The minimum absolute atomic E-state index is 0. The fraction of sp³-hybridized carbons (Fsp3) is 0.182. The maximum absolute atomic E-state index is 6.00. The summed E-state index contributed by atoms with van der Waals surface area (Å²) in [4.78, 5) is 4.33. The van der Waals surface area contributed by atoms with Crippen LogP contribution in [0.15, 0.2) is 18.2 Å². The molecule has 0 fully saturated rings. The summed E-state index contributed by atoms with van der Waals surface area (Å²) in [6.45, 7) is 3.90. The average Bonchev–Trinajstić information content (AvgIpc) is 2.15. The number of nitrogens with two attached hydrogens (primary N) is 1. The van der Waals surface area contributed by atoms with Crippen LogP contribution in [0.5, 0.6) is 0 Å². The molecule has 1 heterocycles. The number of nitrogens with zero attached hydrogens (tertiary/aromatic N) is 1. The molecule has 0 amide bonds. The van der Waals surface area contributed by atoms with Crippen molar-refractivity contribution in [2.75, 3.05) is 5.73 Å². The zero-order valence-corrected chi connectivity index (χ0v) is 10.1. The quantitative estimate of drug-likeness (QED) is 0.768. The average molecular weight is 243 g/mol. The third kappa shape index (κ3) is 2.01. The van der Waals surface area contributed by atoms with Crippen molar-refractivity contribution in [2.24, 2.45) is 0 Å². The third-order valence-electron chi connectivity index (χ3n) is 2.40. The van der Waals surface area contributed by atoms with Gasteiger partial charge < -0.3 is 5.73 Å². The van der Waals surface area contributed by atoms with Crippen molar-refractivity contribution in [3.05, 3.63) is 34.3 Å². The van der Waals surface area contributed by atoms with Crippen LogP contribution in [-0.2, 0) is 0 Å². The molecule has 0 aliphatic carbocycles. The van der Waals surface area contributed by atoms with E-state index in [-0.39, 0.29) is 12.4 Å². The van der Waals surface area contributed by atoms with Crippen LogP contribution < -0.4 is 5.73 Å². The summed E-state index contributed by atoms with van der Waals surface area (Å²) in [5.74, 6) is 0.572. The number of aryl methyl sites for hydroxylation is 2. The van der Waals surface area contributed by atoms with Gasteiger partial charge >= 0.3 is 0 Å². The van der Waals surface area contributed by atoms with Crippen molar-refractivity contribution in [2.45, 2.75) is 13.8 Å². The maximum Gasteiger partial charge on any atom is 0.127 e. The van der Waals surface area contributed by atoms with E-state index in [1.54, 1.807) is 0 Å². The molecular formula is C11H12Cl2N2. The van der Waals surface area contributed by atoms with Crippen LogP contribution in [0.2, 0.25) is 5.02 Å². The molecule has 0 atom stereocenters. The lowest BCUT2D eigenvalue weighted by Gasteiger charge is -2.06. The zero-order chi connectivity index (χ0) is 10.3. The standard InChI is InChI=1S/C11H11ClN2.ClH/c1-6-5-8-3-4-9(12)7(2)10(8)14-11(6)13;/h3-5H,1-2H3,(H2,13,14);1H. The summed E-state index contributed by atoms with van der Waals surface area (Å²) in [6, 6.07) is 5.88. The Labute approximate surface area is 99.9 Å². The molecule has 80 valence electrons. The Bertz CT molecular complexity index is 509. The Morgan fingerprint density at radius 3 is 2.60 bits per heavy atom. The molecule has 0 bridgehead atoms. The van der Waals surface area contributed by atoms with Gasteiger partial charge in [0, 0.05) is 10.4 Å². The highest BCUT2D eigenvalue weighted by molar-refractivity contribution is 6.32. The third-order valence-corrected chi connectivity index (χ3v) is 2.81. The number of aromatic nitrogens is 1. The van der Waals surface area contributed by atoms with E-state index in [9.17, 15) is 0 Å². The smallest absolute Gasteiger partial charge is 0.127 e. The van der Waals surface area contributed by atoms with Crippen molar-refractivity contribution in [1.29, 1.82) is 0 Å². The van der Waals surface area contributed by atoms with Gasteiger partial charge in [0.15, 0.2) is 0 Å². The van der Waals surface area contributed by atoms with Gasteiger partial charge in [0.25, 0.3) is 0 Å². The minimum atomic E-state index is 0. The predicted molar refractivity (Wildman–Crippen MR) is 67.9 cm³/mol. The second-order valence-electron chi connectivity index (χ2n) is 3.43. The lowest BCUT2D eigenvalue weighted by molar-refractivity contribution is 1.32. The number of hydrogen-bond acceptors (Lipinski definition) is 2. The predicted octanol–water partition coefficient (Wildman–Crippen LogP) is 3.51. The van der Waals surface area contributed by atoms with E-state index in [4.69, 9.17) is 17.3 Å². The van der Waals surface area contributed by atoms with Crippen LogP contribution in [0.3, 0.4) is 0 Å². The Balaban J connectivity index is 0.00000112. The van der Waals surface area contributed by atoms with Gasteiger partial charge in [0.2, 0.25) is 0 Å². The van der Waals surface area contributed by atoms with E-state index in [1.807, 2.05) is 32.0 Å². The largest absolute Gasteiger partial charge is 0.383 e. The lowest BCUT2D eigenvalue weighted by Crippen LogP contribution is -1.95. The molecule has 2 rings (SSSR count). The van der Waals surface area contributed by atoms with Crippen LogP contribution in [0.1, 0.15) is 11.1 Å². The second kappa shape index (κ2) is 4.25. The molecule has 4 heteroatoms. The van der Waals surface area contributed by atoms with Gasteiger partial charge in [-0.15, -0.1) is 12.4 Å². The highest BCUT2D eigenvalue weighted by Gasteiger charge is 2.05. The van der Waals surface area contributed by atoms with E-state index in [2.05, 4.69) is 4.98 Å². The number of anilines is 1. The molecule has 1 aromatic heterocycles. The van der Waals surface area contributed by atoms with Gasteiger partial charge in [0.05, 0.1) is 5.52 Å². The van der Waals surface area contributed by atoms with Crippen LogP contribution in [0, 0.1) is 13.8 Å². The number of hydrogen-bond donors (Lipinski definition) is 1. The number of fused-ring (bicyclic) bond motifs is 1. The minimum Gasteiger partial charge on any atom is -0.383 e. The monoisotopic (exact) mass is 242 g/mol. The van der Waals surface area contributed by atoms with Crippen LogP contribution in [-0.4, -0.2) is 4.98 Å². The molecule has 0 spiro atoms. The van der Waals surface area contributed by atoms with Gasteiger partial charge in [-0.2, -0.15) is 0 Å². The molecule has 0 saturated heterocycles. The highest BCUT2D eigenvalue weighted by atomic mass is 35.5. The Morgan fingerprint density at radius 2 is 1.93 bits per heavy atom. The van der Waals surface area contributed by atoms with Crippen molar-refractivity contribution >= 4 is 40.7 Å². The number of halogens is 2. The normalized spacial score (nSPS) is 10.1. The first-order valence-corrected chi connectivity index (χ1v) is 4.79. The molecule has 0 radical (unpaired) electrons. The number of pyridine rings is 1. The first-order valence-electron chi connectivity index (χ1n) is 4.41. The van der Waals surface area contributed by atoms with E-state index in [0.717, 1.165) is 27.1 Å². The summed E-state index contributed by atoms with van der Waals surface area (Å²) in [6.07, 6.45) is 0. The topological polar surface area (TPSA) is 38.9 Å². The fourth-order valence-corrected chi connectivity index (χ4v) is 1.63. The SMILES string of the molecule is Cc1cc2ccc(Cl)c(C)c2nc1N.Cl. The molecule has 0 saturated carbocycles. The van der Waals surface area contributed by atoms with Crippen molar-refractivity contribution in [3.63, 3.8) is 0 Å². The number of benzene rings is 1. The molecule has 2 aromatic rings. The number of nitrogen functional groups attached to an aromatic ring is 1. The molecule has 15 heavy (non-hydrogen) atoms. The first-order chi connectivity index (χ1) is 6.59. The Hall–Kier alpha value is -0.990. The molecule has 0 aliphatic heterocycles. The Morgan fingerprint density at radius 1 is 1.27 bits per heavy atom. The fourth-order valence-electron chi connectivity index (χ4n) is 1.48. The molecule has 1 aromatic carbocycles. The van der Waals surface area contributed by atoms with E-state index in [1.165, 1.54) is 0 Å². The second-order valence-corrected chi connectivity index (χ2v) is 3.84. The van der Waals surface area contributed by atoms with E-state index < -0.39 is 0 Å². The molecule has 2 nitrogen and oxygen atoms in total. The summed E-state index contributed by atoms with van der Waals surface area (Å²) in [5, 5.41) is 1.81. The van der Waals surface area contributed by atoms with Crippen LogP contribution in [0.4, 0.5) is 5.82 Å². The summed E-state index contributed by atoms with van der Waals surface area (Å²) in [5.41, 5.74) is 8.62. The van der Waals surface area contributed by atoms with Gasteiger partial charge in [-0.25, -0.2) is 4.98 Å². The highest BCUT2D eigenvalue weighted by Crippen LogP contribution is 2.25. The zero-order valence-electron chi connectivity index (χ0n) is 8.54. The van der Waals surface area contributed by atoms with Crippen LogP contribution >= 0.6 is 24.0 Å². The molecule has 0 unspecified atom stereocenters. The maximum atomic E-state index is 6.00. The van der Waals surface area contributed by atoms with Gasteiger partial charge in [-0.05, 0) is 37.1 Å². The molecular weight excluding hydrogens is 231 g/mol. The van der Waals surface area contributed by atoms with E-state index >= 15 is 0 Å². The summed E-state index contributed by atoms with van der Waals surface area (Å²) < 4.78 is 0. The van der Waals surface area contributed by atoms with Gasteiger partial charge in [-0.3, -0.25) is 0 Å². The number of rotatable bonds is 0. The van der Waals surface area contributed by atoms with Gasteiger partial charge in [0.1, 0.15) is 5.82 Å².